The van der Waals surface area contributed by atoms with E-state index in [2.05, 4.69) is 6.92 Å². The molecule has 3 heteroatoms. The molecule has 0 amide bonds. The van der Waals surface area contributed by atoms with Gasteiger partial charge in [0, 0.05) is 5.41 Å². The highest BCUT2D eigenvalue weighted by molar-refractivity contribution is 5.73. The molecule has 0 aromatic rings. The van der Waals surface area contributed by atoms with Crippen molar-refractivity contribution in [2.75, 3.05) is 0 Å². The fourth-order valence-electron chi connectivity index (χ4n) is 3.70. The summed E-state index contributed by atoms with van der Waals surface area (Å²) >= 11 is 0. The van der Waals surface area contributed by atoms with Gasteiger partial charge in [-0.2, -0.15) is 0 Å². The van der Waals surface area contributed by atoms with Crippen molar-refractivity contribution in [3.8, 4) is 0 Å². The Morgan fingerprint density at radius 2 is 1.86 bits per heavy atom. The second kappa shape index (κ2) is 2.72. The summed E-state index contributed by atoms with van der Waals surface area (Å²) in [5.41, 5.74) is -0.367. The highest BCUT2D eigenvalue weighted by Gasteiger charge is 2.63. The summed E-state index contributed by atoms with van der Waals surface area (Å²) in [4.78, 5) is 10.9. The maximum absolute atomic E-state index is 10.9. The van der Waals surface area contributed by atoms with Gasteiger partial charge in [0.1, 0.15) is 0 Å². The quantitative estimate of drug-likeness (QED) is 0.709. The Balaban J connectivity index is 2.36. The lowest BCUT2D eigenvalue weighted by molar-refractivity contribution is -0.159. The fourth-order valence-corrected chi connectivity index (χ4v) is 3.70. The van der Waals surface area contributed by atoms with Crippen LogP contribution in [-0.4, -0.2) is 22.3 Å². The van der Waals surface area contributed by atoms with E-state index in [0.717, 1.165) is 25.7 Å². The maximum atomic E-state index is 10.9. The van der Waals surface area contributed by atoms with Gasteiger partial charge in [-0.3, -0.25) is 0 Å². The van der Waals surface area contributed by atoms with Crippen LogP contribution < -0.4 is 0 Å². The molecule has 0 aromatic carbocycles. The molecule has 0 saturated heterocycles. The first-order chi connectivity index (χ1) is 6.42. The fraction of sp³-hybridized carbons (Fsp3) is 0.909. The summed E-state index contributed by atoms with van der Waals surface area (Å²) in [6.45, 7) is 4.09. The summed E-state index contributed by atoms with van der Waals surface area (Å²) in [5.74, 6) is -0.661. The number of aliphatic carboxylic acids is 1. The molecule has 14 heavy (non-hydrogen) atoms. The minimum absolute atomic E-state index is 0.0372. The van der Waals surface area contributed by atoms with Crippen molar-refractivity contribution >= 4 is 5.97 Å². The summed E-state index contributed by atoms with van der Waals surface area (Å²) in [6, 6.07) is 0. The number of carboxylic acids is 1. The first-order valence-electron chi connectivity index (χ1n) is 5.33. The molecule has 0 spiro atoms. The highest BCUT2D eigenvalue weighted by Crippen LogP contribution is 2.67. The third-order valence-electron chi connectivity index (χ3n) is 5.04. The first-order valence-corrected chi connectivity index (χ1v) is 5.33. The van der Waals surface area contributed by atoms with E-state index in [4.69, 9.17) is 5.11 Å². The zero-order chi connectivity index (χ0) is 10.6. The molecule has 80 valence electrons. The predicted octanol–water partition coefficient (Wildman–Crippen LogP) is 1.65. The van der Waals surface area contributed by atoms with Crippen LogP contribution in [0.5, 0.6) is 0 Å². The van der Waals surface area contributed by atoms with Crippen LogP contribution in [0.1, 0.15) is 39.5 Å². The molecular weight excluding hydrogens is 180 g/mol. The van der Waals surface area contributed by atoms with Gasteiger partial charge >= 0.3 is 5.97 Å². The van der Waals surface area contributed by atoms with Gasteiger partial charge in [0.2, 0.25) is 0 Å². The molecule has 2 rings (SSSR count). The van der Waals surface area contributed by atoms with Crippen molar-refractivity contribution in [3.63, 3.8) is 0 Å². The lowest BCUT2D eigenvalue weighted by atomic mass is 9.66. The normalized spacial score (nSPS) is 48.1. The molecule has 0 heterocycles. The van der Waals surface area contributed by atoms with Gasteiger partial charge in [-0.05, 0) is 37.0 Å². The molecule has 2 saturated carbocycles. The summed E-state index contributed by atoms with van der Waals surface area (Å²) in [7, 11) is 0. The van der Waals surface area contributed by atoms with Crippen molar-refractivity contribution in [3.05, 3.63) is 0 Å². The van der Waals surface area contributed by atoms with Gasteiger partial charge in [-0.25, -0.2) is 4.79 Å². The number of aliphatic hydroxyl groups excluding tert-OH is 1. The largest absolute Gasteiger partial charge is 0.479 e. The molecule has 0 radical (unpaired) electrons. The highest BCUT2D eigenvalue weighted by atomic mass is 16.4. The summed E-state index contributed by atoms with van der Waals surface area (Å²) in [6.07, 6.45) is 3.11. The van der Waals surface area contributed by atoms with Crippen molar-refractivity contribution in [2.24, 2.45) is 16.7 Å². The van der Waals surface area contributed by atoms with Gasteiger partial charge in [0.25, 0.3) is 0 Å². The number of fused-ring (bicyclic) bond motifs is 2. The Bertz CT molecular complexity index is 266. The van der Waals surface area contributed by atoms with E-state index in [1.165, 1.54) is 0 Å². The third-order valence-corrected chi connectivity index (χ3v) is 5.04. The van der Waals surface area contributed by atoms with E-state index >= 15 is 0 Å². The van der Waals surface area contributed by atoms with Crippen molar-refractivity contribution in [1.29, 1.82) is 0 Å². The molecule has 2 bridgehead atoms. The van der Waals surface area contributed by atoms with E-state index in [-0.39, 0.29) is 5.41 Å². The standard InChI is InChI=1S/C11H18O3/c1-10-5-3-7(4-6-10)11(10,2)8(12)9(13)14/h7-8,12H,3-6H2,1-2H3,(H,13,14). The molecule has 2 aliphatic rings. The molecular formula is C11H18O3. The van der Waals surface area contributed by atoms with E-state index in [1.807, 2.05) is 6.92 Å². The van der Waals surface area contributed by atoms with Crippen LogP contribution in [0.15, 0.2) is 0 Å². The average molecular weight is 198 g/mol. The molecule has 2 aliphatic carbocycles. The summed E-state index contributed by atoms with van der Waals surface area (Å²) in [5, 5.41) is 18.8. The minimum atomic E-state index is -1.19. The molecule has 2 N–H and O–H groups in total. The second-order valence-electron chi connectivity index (χ2n) is 5.36. The van der Waals surface area contributed by atoms with E-state index in [9.17, 15) is 9.90 Å². The van der Waals surface area contributed by atoms with E-state index < -0.39 is 17.5 Å². The zero-order valence-electron chi connectivity index (χ0n) is 8.79. The van der Waals surface area contributed by atoms with Crippen molar-refractivity contribution < 1.29 is 15.0 Å². The Morgan fingerprint density at radius 1 is 1.36 bits per heavy atom. The van der Waals surface area contributed by atoms with Crippen LogP contribution in [0.3, 0.4) is 0 Å². The molecule has 0 aliphatic heterocycles. The van der Waals surface area contributed by atoms with Gasteiger partial charge in [-0.15, -0.1) is 0 Å². The van der Waals surface area contributed by atoms with E-state index in [0.29, 0.717) is 5.92 Å². The Morgan fingerprint density at radius 3 is 2.14 bits per heavy atom. The summed E-state index contributed by atoms with van der Waals surface area (Å²) < 4.78 is 0. The number of hydrogen-bond donors (Lipinski definition) is 2. The smallest absolute Gasteiger partial charge is 0.333 e. The number of carbonyl (C=O) groups is 1. The van der Waals surface area contributed by atoms with Crippen LogP contribution in [-0.2, 0) is 4.79 Å². The van der Waals surface area contributed by atoms with Gasteiger partial charge in [0.15, 0.2) is 6.10 Å². The first kappa shape index (κ1) is 9.97. The number of rotatable bonds is 2. The Kier molecular flexibility index (Phi) is 1.94. The van der Waals surface area contributed by atoms with Crippen molar-refractivity contribution in [1.82, 2.24) is 0 Å². The zero-order valence-corrected chi connectivity index (χ0v) is 8.79. The van der Waals surface area contributed by atoms with Crippen molar-refractivity contribution in [2.45, 2.75) is 45.6 Å². The third kappa shape index (κ3) is 0.937. The van der Waals surface area contributed by atoms with Crippen LogP contribution in [0.4, 0.5) is 0 Å². The Labute approximate surface area is 84.1 Å². The molecule has 2 atom stereocenters. The molecule has 0 aromatic heterocycles. The molecule has 2 unspecified atom stereocenters. The van der Waals surface area contributed by atoms with Gasteiger partial charge in [-0.1, -0.05) is 13.8 Å². The van der Waals surface area contributed by atoms with Crippen LogP contribution in [0, 0.1) is 16.7 Å². The molecule has 3 nitrogen and oxygen atoms in total. The molecule has 2 fully saturated rings. The number of aliphatic hydroxyl groups is 1. The topological polar surface area (TPSA) is 57.5 Å². The average Bonchev–Trinajstić information content (AvgIpc) is 2.53. The van der Waals surface area contributed by atoms with Gasteiger partial charge < -0.3 is 10.2 Å². The van der Waals surface area contributed by atoms with Crippen LogP contribution in [0.2, 0.25) is 0 Å². The lowest BCUT2D eigenvalue weighted by Gasteiger charge is -2.40. The predicted molar refractivity (Wildman–Crippen MR) is 51.8 cm³/mol. The maximum Gasteiger partial charge on any atom is 0.333 e. The minimum Gasteiger partial charge on any atom is -0.479 e. The second-order valence-corrected chi connectivity index (χ2v) is 5.36. The SMILES string of the molecule is CC12CCC(CC1)C2(C)C(O)C(=O)O. The number of carboxylic acid groups (broad SMARTS) is 1. The lowest BCUT2D eigenvalue weighted by Crippen LogP contribution is -2.46. The van der Waals surface area contributed by atoms with Gasteiger partial charge in [0.05, 0.1) is 0 Å². The van der Waals surface area contributed by atoms with Crippen LogP contribution >= 0.6 is 0 Å². The van der Waals surface area contributed by atoms with E-state index in [1.54, 1.807) is 0 Å². The number of hydrogen-bond acceptors (Lipinski definition) is 2. The monoisotopic (exact) mass is 198 g/mol. The Hall–Kier alpha value is -0.570. The van der Waals surface area contributed by atoms with Crippen LogP contribution in [0.25, 0.3) is 0 Å².